The summed E-state index contributed by atoms with van der Waals surface area (Å²) < 4.78 is 20.3. The van der Waals surface area contributed by atoms with Crippen molar-refractivity contribution in [2.75, 3.05) is 6.61 Å². The van der Waals surface area contributed by atoms with Gasteiger partial charge in [0, 0.05) is 18.4 Å². The number of carbonyl (C=O) groups excluding carboxylic acids is 1. The zero-order valence-corrected chi connectivity index (χ0v) is 15.3. The molecule has 2 heterocycles. The van der Waals surface area contributed by atoms with Crippen LogP contribution in [-0.2, 0) is 16.7 Å². The van der Waals surface area contributed by atoms with Gasteiger partial charge in [0.15, 0.2) is 5.78 Å². The molecule has 1 atom stereocenters. The molecule has 1 aliphatic heterocycles. The van der Waals surface area contributed by atoms with Crippen LogP contribution in [0, 0.1) is 5.82 Å². The molecule has 7 heteroatoms. The minimum absolute atomic E-state index is 0.0463. The fraction of sp³-hybridized carbons (Fsp3) is 0.333. The van der Waals surface area contributed by atoms with Gasteiger partial charge in [0.1, 0.15) is 5.82 Å². The molecule has 0 bridgehead atoms. The number of nitrogens with two attached hydrogens (primary N) is 1. The van der Waals surface area contributed by atoms with Crippen molar-refractivity contribution in [1.82, 2.24) is 0 Å². The minimum Gasteiger partial charge on any atom is -0.465 e. The molecule has 1 aliphatic rings. The third-order valence-electron chi connectivity index (χ3n) is 4.42. The summed E-state index contributed by atoms with van der Waals surface area (Å²) in [5, 5.41) is 0. The number of amidine groups is 1. The summed E-state index contributed by atoms with van der Waals surface area (Å²) in [6.45, 7) is 2.33. The molecule has 132 valence electrons. The van der Waals surface area contributed by atoms with Crippen LogP contribution >= 0.6 is 22.9 Å². The Morgan fingerprint density at radius 3 is 2.88 bits per heavy atom. The maximum atomic E-state index is 14.5. The first-order chi connectivity index (χ1) is 11.9. The zero-order chi connectivity index (χ0) is 18.0. The summed E-state index contributed by atoms with van der Waals surface area (Å²) in [5.41, 5.74) is 6.15. The van der Waals surface area contributed by atoms with Crippen LogP contribution in [0.2, 0.25) is 4.34 Å². The van der Waals surface area contributed by atoms with E-state index in [2.05, 4.69) is 4.99 Å². The lowest BCUT2D eigenvalue weighted by atomic mass is 9.83. The van der Waals surface area contributed by atoms with Gasteiger partial charge in [0.2, 0.25) is 0 Å². The summed E-state index contributed by atoms with van der Waals surface area (Å²) in [5.74, 6) is -0.398. The molecule has 25 heavy (non-hydrogen) atoms. The standard InChI is InChI=1S/C18H18ClFN2O2S/c1-2-18(7-8-24-17(21)22-18)12-9-11(3-4-13(12)20)10-14(23)15-5-6-16(19)25-15/h3-6,9H,2,7-8,10H2,1H3,(H2,21,22)/t18-/m0/s1. The van der Waals surface area contributed by atoms with Crippen molar-refractivity contribution < 1.29 is 13.9 Å². The number of ether oxygens (including phenoxy) is 1. The lowest BCUT2D eigenvalue weighted by Crippen LogP contribution is -2.36. The molecule has 0 saturated carbocycles. The molecule has 0 saturated heterocycles. The van der Waals surface area contributed by atoms with Crippen molar-refractivity contribution in [2.45, 2.75) is 31.7 Å². The van der Waals surface area contributed by atoms with Gasteiger partial charge in [-0.1, -0.05) is 24.6 Å². The van der Waals surface area contributed by atoms with Crippen LogP contribution in [0.1, 0.15) is 40.6 Å². The van der Waals surface area contributed by atoms with Gasteiger partial charge in [-0.2, -0.15) is 0 Å². The smallest absolute Gasteiger partial charge is 0.282 e. The highest BCUT2D eigenvalue weighted by Gasteiger charge is 2.36. The molecular formula is C18H18ClFN2O2S. The van der Waals surface area contributed by atoms with Gasteiger partial charge in [-0.15, -0.1) is 11.3 Å². The molecule has 1 aromatic heterocycles. The SMILES string of the molecule is CC[C@@]1(c2cc(CC(=O)c3ccc(Cl)s3)ccc2F)CCOC(N)=N1. The number of aliphatic imine (C=N–C) groups is 1. The van der Waals surface area contributed by atoms with E-state index in [1.54, 1.807) is 24.3 Å². The number of carbonyl (C=O) groups is 1. The second-order valence-corrected chi connectivity index (χ2v) is 7.67. The van der Waals surface area contributed by atoms with Crippen LogP contribution in [0.3, 0.4) is 0 Å². The highest BCUT2D eigenvalue weighted by Crippen LogP contribution is 2.37. The van der Waals surface area contributed by atoms with Crippen molar-refractivity contribution >= 4 is 34.7 Å². The lowest BCUT2D eigenvalue weighted by molar-refractivity contribution is 0.0996. The normalized spacial score (nSPS) is 20.0. The molecule has 0 fully saturated rings. The van der Waals surface area contributed by atoms with Gasteiger partial charge in [0.05, 0.1) is 21.4 Å². The molecule has 0 aliphatic carbocycles. The number of rotatable bonds is 5. The Balaban J connectivity index is 1.93. The molecule has 0 unspecified atom stereocenters. The second-order valence-electron chi connectivity index (χ2n) is 5.95. The van der Waals surface area contributed by atoms with E-state index in [-0.39, 0.29) is 24.0 Å². The van der Waals surface area contributed by atoms with Gasteiger partial charge in [-0.25, -0.2) is 9.38 Å². The Labute approximate surface area is 154 Å². The lowest BCUT2D eigenvalue weighted by Gasteiger charge is -2.33. The molecule has 2 aromatic rings. The van der Waals surface area contributed by atoms with E-state index in [0.29, 0.717) is 34.2 Å². The van der Waals surface area contributed by atoms with Gasteiger partial charge in [0.25, 0.3) is 6.02 Å². The highest BCUT2D eigenvalue weighted by atomic mass is 35.5. The van der Waals surface area contributed by atoms with Crippen LogP contribution in [0.4, 0.5) is 4.39 Å². The molecular weight excluding hydrogens is 363 g/mol. The largest absolute Gasteiger partial charge is 0.465 e. The van der Waals surface area contributed by atoms with Crippen LogP contribution in [0.15, 0.2) is 35.3 Å². The third-order valence-corrected chi connectivity index (χ3v) is 5.69. The Hall–Kier alpha value is -1.92. The molecule has 0 spiro atoms. The average Bonchev–Trinajstić information content (AvgIpc) is 3.03. The second kappa shape index (κ2) is 7.14. The summed E-state index contributed by atoms with van der Waals surface area (Å²) in [4.78, 5) is 17.4. The van der Waals surface area contributed by atoms with Crippen LogP contribution < -0.4 is 5.73 Å². The van der Waals surface area contributed by atoms with Crippen LogP contribution in [0.5, 0.6) is 0 Å². The summed E-state index contributed by atoms with van der Waals surface area (Å²) in [7, 11) is 0. The van der Waals surface area contributed by atoms with Crippen LogP contribution in [-0.4, -0.2) is 18.4 Å². The number of benzene rings is 1. The van der Waals surface area contributed by atoms with Crippen molar-refractivity contribution in [1.29, 1.82) is 0 Å². The summed E-state index contributed by atoms with van der Waals surface area (Å²) >= 11 is 7.13. The maximum absolute atomic E-state index is 14.5. The topological polar surface area (TPSA) is 64.7 Å². The zero-order valence-electron chi connectivity index (χ0n) is 13.7. The Kier molecular flexibility index (Phi) is 5.11. The van der Waals surface area contributed by atoms with E-state index in [0.717, 1.165) is 5.56 Å². The first-order valence-electron chi connectivity index (χ1n) is 7.99. The Bertz CT molecular complexity index is 836. The highest BCUT2D eigenvalue weighted by molar-refractivity contribution is 7.18. The van der Waals surface area contributed by atoms with Gasteiger partial charge >= 0.3 is 0 Å². The van der Waals surface area contributed by atoms with Gasteiger partial charge < -0.3 is 10.5 Å². The predicted octanol–water partition coefficient (Wildman–Crippen LogP) is 4.31. The first kappa shape index (κ1) is 17.9. The predicted molar refractivity (Wildman–Crippen MR) is 97.9 cm³/mol. The number of thiophene rings is 1. The summed E-state index contributed by atoms with van der Waals surface area (Å²) in [6, 6.07) is 8.20. The van der Waals surface area contributed by atoms with Crippen molar-refractivity contribution in [3.05, 3.63) is 56.5 Å². The third kappa shape index (κ3) is 3.70. The van der Waals surface area contributed by atoms with E-state index in [1.165, 1.54) is 17.4 Å². The molecule has 0 amide bonds. The Morgan fingerprint density at radius 2 is 2.24 bits per heavy atom. The number of hydrogen-bond acceptors (Lipinski definition) is 5. The molecule has 3 rings (SSSR count). The van der Waals surface area contributed by atoms with Gasteiger partial charge in [-0.05, 0) is 36.2 Å². The van der Waals surface area contributed by atoms with Crippen molar-refractivity contribution in [3.8, 4) is 0 Å². The number of hydrogen-bond donors (Lipinski definition) is 1. The maximum Gasteiger partial charge on any atom is 0.282 e. The first-order valence-corrected chi connectivity index (χ1v) is 9.18. The van der Waals surface area contributed by atoms with Gasteiger partial charge in [-0.3, -0.25) is 4.79 Å². The number of ketones is 1. The molecule has 4 nitrogen and oxygen atoms in total. The van der Waals surface area contributed by atoms with E-state index < -0.39 is 5.54 Å². The number of Topliss-reactive ketones (excluding diaryl/α,β-unsaturated/α-hetero) is 1. The number of nitrogens with zero attached hydrogens (tertiary/aromatic N) is 1. The van der Waals surface area contributed by atoms with E-state index in [1.807, 2.05) is 6.92 Å². The summed E-state index contributed by atoms with van der Waals surface area (Å²) in [6.07, 6.45) is 1.31. The minimum atomic E-state index is -0.752. The van der Waals surface area contributed by atoms with E-state index in [4.69, 9.17) is 22.1 Å². The molecule has 1 aromatic carbocycles. The fourth-order valence-corrected chi connectivity index (χ4v) is 4.02. The molecule has 0 radical (unpaired) electrons. The van der Waals surface area contributed by atoms with Crippen LogP contribution in [0.25, 0.3) is 0 Å². The average molecular weight is 381 g/mol. The fourth-order valence-electron chi connectivity index (χ4n) is 3.04. The monoisotopic (exact) mass is 380 g/mol. The van der Waals surface area contributed by atoms with E-state index >= 15 is 0 Å². The van der Waals surface area contributed by atoms with Crippen molar-refractivity contribution in [3.63, 3.8) is 0 Å². The van der Waals surface area contributed by atoms with Crippen molar-refractivity contribution in [2.24, 2.45) is 10.7 Å². The number of halogens is 2. The van der Waals surface area contributed by atoms with E-state index in [9.17, 15) is 9.18 Å². The quantitative estimate of drug-likeness (QED) is 0.786. The Morgan fingerprint density at radius 1 is 1.44 bits per heavy atom. The molecule has 2 N–H and O–H groups in total.